The van der Waals surface area contributed by atoms with Crippen molar-refractivity contribution in [2.75, 3.05) is 11.9 Å². The van der Waals surface area contributed by atoms with E-state index in [1.807, 2.05) is 30.3 Å². The lowest BCUT2D eigenvalue weighted by Crippen LogP contribution is -2.21. The molecule has 0 bridgehead atoms. The van der Waals surface area contributed by atoms with Crippen LogP contribution in [0.3, 0.4) is 0 Å². The smallest absolute Gasteiger partial charge is 0.248 e. The number of aliphatic hydroxyl groups excluding tert-OH is 1. The van der Waals surface area contributed by atoms with Crippen LogP contribution < -0.4 is 5.32 Å². The fraction of sp³-hybridized carbons (Fsp3) is 0.273. The van der Waals surface area contributed by atoms with Crippen molar-refractivity contribution in [2.24, 2.45) is 4.99 Å². The van der Waals surface area contributed by atoms with Crippen molar-refractivity contribution >= 4 is 46.5 Å². The summed E-state index contributed by atoms with van der Waals surface area (Å²) in [6.07, 6.45) is 1.71. The molecule has 0 aliphatic carbocycles. The molecular formula is C22H21Cl2N5O2. The monoisotopic (exact) mass is 457 g/mol. The number of carbonyl (C=O) groups excluding carboxylic acids is 1. The maximum Gasteiger partial charge on any atom is 0.248 e. The third kappa shape index (κ3) is 4.79. The molecule has 31 heavy (non-hydrogen) atoms. The van der Waals surface area contributed by atoms with E-state index in [0.29, 0.717) is 41.1 Å². The van der Waals surface area contributed by atoms with E-state index in [9.17, 15) is 4.79 Å². The number of fused-ring (bicyclic) bond motifs is 1. The number of anilines is 1. The quantitative estimate of drug-likeness (QED) is 0.566. The summed E-state index contributed by atoms with van der Waals surface area (Å²) in [4.78, 5) is 20.6. The number of hydrogen-bond acceptors (Lipinski definition) is 5. The summed E-state index contributed by atoms with van der Waals surface area (Å²) in [6, 6.07) is 12.8. The van der Waals surface area contributed by atoms with Gasteiger partial charge in [0.25, 0.3) is 0 Å². The van der Waals surface area contributed by atoms with E-state index >= 15 is 0 Å². The van der Waals surface area contributed by atoms with Crippen LogP contribution in [0.5, 0.6) is 0 Å². The Bertz CT molecular complexity index is 1140. The van der Waals surface area contributed by atoms with Crippen LogP contribution in [0.2, 0.25) is 10.0 Å². The maximum absolute atomic E-state index is 11.3. The predicted octanol–water partition coefficient (Wildman–Crippen LogP) is 4.58. The highest BCUT2D eigenvalue weighted by Gasteiger charge is 2.29. The summed E-state index contributed by atoms with van der Waals surface area (Å²) in [5.74, 6) is 1.00. The van der Waals surface area contributed by atoms with E-state index in [-0.39, 0.29) is 18.6 Å². The molecule has 160 valence electrons. The lowest BCUT2D eigenvalue weighted by atomic mass is 9.96. The highest BCUT2D eigenvalue weighted by Crippen LogP contribution is 2.37. The SMILES string of the molecule is CC(=O)Nc1ccc(C2=Nc3nc(CCCO)nn3[C@H](c3ccc(Cl)cc3Cl)C2)cc1. The van der Waals surface area contributed by atoms with Crippen molar-refractivity contribution in [1.82, 2.24) is 14.8 Å². The number of rotatable bonds is 6. The maximum atomic E-state index is 11.3. The highest BCUT2D eigenvalue weighted by atomic mass is 35.5. The van der Waals surface area contributed by atoms with Gasteiger partial charge in [-0.15, -0.1) is 0 Å². The molecule has 7 nitrogen and oxygen atoms in total. The summed E-state index contributed by atoms with van der Waals surface area (Å²) in [5.41, 5.74) is 3.38. The number of aliphatic imine (C=N–C) groups is 1. The van der Waals surface area contributed by atoms with E-state index in [1.54, 1.807) is 16.8 Å². The molecular weight excluding hydrogens is 437 g/mol. The lowest BCUT2D eigenvalue weighted by Gasteiger charge is -2.24. The van der Waals surface area contributed by atoms with E-state index < -0.39 is 0 Å². The number of carbonyl (C=O) groups is 1. The van der Waals surface area contributed by atoms with Crippen molar-refractivity contribution in [2.45, 2.75) is 32.2 Å². The molecule has 0 radical (unpaired) electrons. The topological polar surface area (TPSA) is 92.4 Å². The molecule has 1 atom stereocenters. The zero-order valence-electron chi connectivity index (χ0n) is 16.8. The Morgan fingerprint density at radius 2 is 2.00 bits per heavy atom. The minimum absolute atomic E-state index is 0.0749. The van der Waals surface area contributed by atoms with Gasteiger partial charge in [-0.25, -0.2) is 9.67 Å². The summed E-state index contributed by atoms with van der Waals surface area (Å²) >= 11 is 12.6. The summed E-state index contributed by atoms with van der Waals surface area (Å²) in [6.45, 7) is 1.55. The normalized spacial score (nSPS) is 15.4. The third-order valence-corrected chi connectivity index (χ3v) is 5.55. The molecule has 4 rings (SSSR count). The first-order valence-corrected chi connectivity index (χ1v) is 10.7. The largest absolute Gasteiger partial charge is 0.396 e. The molecule has 0 unspecified atom stereocenters. The Kier molecular flexibility index (Phi) is 6.36. The molecule has 1 aliphatic heterocycles. The molecule has 0 spiro atoms. The molecule has 0 saturated carbocycles. The van der Waals surface area contributed by atoms with Crippen LogP contribution in [0.1, 0.15) is 42.8 Å². The standard InChI is InChI=1S/C22H21Cl2N5O2/c1-13(31)25-16-7-4-14(5-8-16)19-12-20(17-9-6-15(23)11-18(17)24)29-22(26-19)27-21(28-29)3-2-10-30/h4-9,11,20,30H,2-3,10,12H2,1H3,(H,25,31)/t20-/m0/s1. The zero-order chi connectivity index (χ0) is 22.0. The van der Waals surface area contributed by atoms with Gasteiger partial charge in [0.2, 0.25) is 11.9 Å². The van der Waals surface area contributed by atoms with Crippen LogP contribution in [-0.4, -0.2) is 38.1 Å². The molecule has 2 heterocycles. The van der Waals surface area contributed by atoms with E-state index in [4.69, 9.17) is 33.3 Å². The molecule has 2 N–H and O–H groups in total. The van der Waals surface area contributed by atoms with Gasteiger partial charge in [-0.3, -0.25) is 4.79 Å². The molecule has 1 aromatic heterocycles. The first-order valence-electron chi connectivity index (χ1n) is 9.91. The van der Waals surface area contributed by atoms with Gasteiger partial charge in [0, 0.05) is 42.1 Å². The predicted molar refractivity (Wildman–Crippen MR) is 122 cm³/mol. The van der Waals surface area contributed by atoms with Crippen LogP contribution in [0.25, 0.3) is 0 Å². The van der Waals surface area contributed by atoms with Gasteiger partial charge in [-0.2, -0.15) is 10.1 Å². The van der Waals surface area contributed by atoms with Crippen molar-refractivity contribution in [1.29, 1.82) is 0 Å². The highest BCUT2D eigenvalue weighted by molar-refractivity contribution is 6.35. The number of amides is 1. The second-order valence-electron chi connectivity index (χ2n) is 7.30. The van der Waals surface area contributed by atoms with Crippen molar-refractivity contribution in [3.63, 3.8) is 0 Å². The van der Waals surface area contributed by atoms with Gasteiger partial charge < -0.3 is 10.4 Å². The Hall–Kier alpha value is -2.74. The van der Waals surface area contributed by atoms with Gasteiger partial charge in [-0.05, 0) is 41.8 Å². The first kappa shape index (κ1) is 21.5. The van der Waals surface area contributed by atoms with E-state index in [0.717, 1.165) is 22.5 Å². The fourth-order valence-corrected chi connectivity index (χ4v) is 4.10. The number of nitrogens with zero attached hydrogens (tertiary/aromatic N) is 4. The van der Waals surface area contributed by atoms with Crippen LogP contribution in [0, 0.1) is 0 Å². The van der Waals surface area contributed by atoms with Crippen molar-refractivity contribution in [3.8, 4) is 0 Å². The number of halogens is 2. The average Bonchev–Trinajstić information content (AvgIpc) is 3.15. The van der Waals surface area contributed by atoms with Crippen molar-refractivity contribution < 1.29 is 9.90 Å². The third-order valence-electron chi connectivity index (χ3n) is 4.99. The molecule has 2 aromatic carbocycles. The Morgan fingerprint density at radius 3 is 2.68 bits per heavy atom. The molecule has 9 heteroatoms. The molecule has 3 aromatic rings. The van der Waals surface area contributed by atoms with E-state index in [1.165, 1.54) is 6.92 Å². The number of benzene rings is 2. The molecule has 0 saturated heterocycles. The fourth-order valence-electron chi connectivity index (χ4n) is 3.57. The second-order valence-corrected chi connectivity index (χ2v) is 8.15. The van der Waals surface area contributed by atoms with E-state index in [2.05, 4.69) is 15.4 Å². The van der Waals surface area contributed by atoms with Gasteiger partial charge in [0.1, 0.15) is 0 Å². The van der Waals surface area contributed by atoms with Crippen LogP contribution in [0.15, 0.2) is 47.5 Å². The molecule has 1 amide bonds. The Labute approximate surface area is 189 Å². The van der Waals surface area contributed by atoms with Gasteiger partial charge in [0.15, 0.2) is 5.82 Å². The molecule has 1 aliphatic rings. The number of hydrogen-bond donors (Lipinski definition) is 2. The van der Waals surface area contributed by atoms with Crippen LogP contribution in [0.4, 0.5) is 11.6 Å². The van der Waals surface area contributed by atoms with Crippen LogP contribution in [-0.2, 0) is 11.2 Å². The number of aromatic nitrogens is 3. The summed E-state index contributed by atoms with van der Waals surface area (Å²) in [7, 11) is 0. The second kappa shape index (κ2) is 9.18. The lowest BCUT2D eigenvalue weighted by molar-refractivity contribution is -0.114. The number of aliphatic hydroxyl groups is 1. The van der Waals surface area contributed by atoms with Crippen LogP contribution >= 0.6 is 23.2 Å². The minimum Gasteiger partial charge on any atom is -0.396 e. The number of aryl methyl sites for hydroxylation is 1. The Morgan fingerprint density at radius 1 is 1.23 bits per heavy atom. The number of nitrogens with one attached hydrogen (secondary N) is 1. The zero-order valence-corrected chi connectivity index (χ0v) is 18.4. The minimum atomic E-state index is -0.197. The van der Waals surface area contributed by atoms with Gasteiger partial charge in [-0.1, -0.05) is 41.4 Å². The first-order chi connectivity index (χ1) is 14.9. The summed E-state index contributed by atoms with van der Waals surface area (Å²) in [5, 5.41) is 17.7. The summed E-state index contributed by atoms with van der Waals surface area (Å²) < 4.78 is 1.79. The Balaban J connectivity index is 1.73. The van der Waals surface area contributed by atoms with Gasteiger partial charge in [0.05, 0.1) is 11.8 Å². The van der Waals surface area contributed by atoms with Gasteiger partial charge >= 0.3 is 0 Å². The van der Waals surface area contributed by atoms with Crippen molar-refractivity contribution in [3.05, 3.63) is 69.5 Å². The molecule has 0 fully saturated rings. The average molecular weight is 458 g/mol.